The quantitative estimate of drug-likeness (QED) is 0.830. The zero-order chi connectivity index (χ0) is 14.3. The van der Waals surface area contributed by atoms with Crippen molar-refractivity contribution >= 4 is 18.8 Å². The van der Waals surface area contributed by atoms with Gasteiger partial charge in [-0.25, -0.2) is 14.4 Å². The van der Waals surface area contributed by atoms with E-state index in [2.05, 4.69) is 32.8 Å². The van der Waals surface area contributed by atoms with Crippen molar-refractivity contribution in [1.82, 2.24) is 9.97 Å². The molecule has 1 aromatic rings. The fourth-order valence-corrected chi connectivity index (χ4v) is 2.08. The Morgan fingerprint density at radius 3 is 2.63 bits per heavy atom. The highest BCUT2D eigenvalue weighted by molar-refractivity contribution is 7.77. The number of hydrogen-bond donors (Lipinski definition) is 2. The third kappa shape index (κ3) is 5.30. The lowest BCUT2D eigenvalue weighted by atomic mass is 10.1. The molecule has 0 aromatic carbocycles. The van der Waals surface area contributed by atoms with Crippen LogP contribution in [0.4, 0.5) is 10.3 Å². The maximum absolute atomic E-state index is 12.7. The molecule has 1 saturated heterocycles. The molecule has 1 aliphatic heterocycles. The van der Waals surface area contributed by atoms with E-state index in [0.717, 1.165) is 25.9 Å². The predicted molar refractivity (Wildman–Crippen MR) is 76.6 cm³/mol. The number of nitrogens with zero attached hydrogens (tertiary/aromatic N) is 3. The molecule has 1 fully saturated rings. The van der Waals surface area contributed by atoms with E-state index in [0.29, 0.717) is 5.95 Å². The van der Waals surface area contributed by atoms with Crippen LogP contribution in [0.1, 0.15) is 26.7 Å². The van der Waals surface area contributed by atoms with Crippen LogP contribution in [0.15, 0.2) is 12.4 Å². The Hall–Kier alpha value is -0.920. The van der Waals surface area contributed by atoms with E-state index in [1.165, 1.54) is 12.4 Å². The van der Waals surface area contributed by atoms with Crippen LogP contribution in [0.5, 0.6) is 0 Å². The molecule has 1 aromatic heterocycles. The highest BCUT2D eigenvalue weighted by Gasteiger charge is 2.22. The fraction of sp³-hybridized carbons (Fsp3) is 0.667. The number of thiol groups is 1. The molecule has 7 heteroatoms. The van der Waals surface area contributed by atoms with Gasteiger partial charge in [-0.3, -0.25) is 5.14 Å². The molecule has 108 valence electrons. The molecule has 0 bridgehead atoms. The number of hydrogen-bond acceptors (Lipinski definition) is 6. The summed E-state index contributed by atoms with van der Waals surface area (Å²) >= 11 is 3.03. The van der Waals surface area contributed by atoms with Gasteiger partial charge >= 0.3 is 0 Å². The van der Waals surface area contributed by atoms with Gasteiger partial charge in [-0.05, 0) is 26.7 Å². The van der Waals surface area contributed by atoms with Gasteiger partial charge in [-0.1, -0.05) is 0 Å². The Labute approximate surface area is 118 Å². The van der Waals surface area contributed by atoms with Gasteiger partial charge in [0.25, 0.3) is 0 Å². The summed E-state index contributed by atoms with van der Waals surface area (Å²) in [6, 6.07) is 0. The number of halogens is 1. The van der Waals surface area contributed by atoms with Gasteiger partial charge in [-0.2, -0.15) is 0 Å². The van der Waals surface area contributed by atoms with Crippen LogP contribution in [0.2, 0.25) is 0 Å². The lowest BCUT2D eigenvalue weighted by Gasteiger charge is -2.33. The van der Waals surface area contributed by atoms with Gasteiger partial charge < -0.3 is 9.64 Å². The largest absolute Gasteiger partial charge is 0.374 e. The topological polar surface area (TPSA) is 64.3 Å². The molecule has 0 saturated carbocycles. The second kappa shape index (κ2) is 8.29. The molecule has 0 radical (unpaired) electrons. The monoisotopic (exact) mass is 288 g/mol. The highest BCUT2D eigenvalue weighted by atomic mass is 32.1. The van der Waals surface area contributed by atoms with E-state index in [1.54, 1.807) is 0 Å². The van der Waals surface area contributed by atoms with Gasteiger partial charge in [0.15, 0.2) is 5.82 Å². The highest BCUT2D eigenvalue weighted by Crippen LogP contribution is 2.18. The fourth-order valence-electron chi connectivity index (χ4n) is 2.08. The summed E-state index contributed by atoms with van der Waals surface area (Å²) in [6.07, 6.45) is 4.98. The molecule has 1 aliphatic rings. The number of anilines is 1. The molecule has 19 heavy (non-hydrogen) atoms. The zero-order valence-corrected chi connectivity index (χ0v) is 12.2. The van der Waals surface area contributed by atoms with Crippen LogP contribution < -0.4 is 10.0 Å². The molecule has 0 aliphatic carbocycles. The smallest absolute Gasteiger partial charge is 0.225 e. The molecule has 0 amide bonds. The molecule has 2 heterocycles. The second-order valence-corrected chi connectivity index (χ2v) is 4.60. The van der Waals surface area contributed by atoms with Crippen molar-refractivity contribution in [3.05, 3.63) is 18.2 Å². The normalized spacial score (nSPS) is 19.1. The molecule has 1 unspecified atom stereocenters. The van der Waals surface area contributed by atoms with Crippen molar-refractivity contribution < 1.29 is 9.13 Å². The Kier molecular flexibility index (Phi) is 7.04. The van der Waals surface area contributed by atoms with Crippen LogP contribution in [0.3, 0.4) is 0 Å². The maximum Gasteiger partial charge on any atom is 0.225 e. The van der Waals surface area contributed by atoms with Gasteiger partial charge in [0.05, 0.1) is 24.6 Å². The van der Waals surface area contributed by atoms with Crippen LogP contribution in [0.25, 0.3) is 0 Å². The summed E-state index contributed by atoms with van der Waals surface area (Å²) in [5.41, 5.74) is 0. The lowest BCUT2D eigenvalue weighted by Crippen LogP contribution is -2.41. The summed E-state index contributed by atoms with van der Waals surface area (Å²) in [5.74, 6) is 0.184. The molecule has 1 atom stereocenters. The minimum absolute atomic E-state index is 0.220. The molecular weight excluding hydrogens is 267 g/mol. The van der Waals surface area contributed by atoms with E-state index < -0.39 is 5.82 Å². The average Bonchev–Trinajstić information content (AvgIpc) is 2.41. The minimum atomic E-state index is -0.402. The predicted octanol–water partition coefficient (Wildman–Crippen LogP) is 1.80. The van der Waals surface area contributed by atoms with Crippen molar-refractivity contribution in [1.29, 1.82) is 0 Å². The van der Waals surface area contributed by atoms with Gasteiger partial charge in [-0.15, -0.1) is 12.8 Å². The first-order valence-electron chi connectivity index (χ1n) is 6.29. The number of ether oxygens (including phenoxy) is 1. The number of rotatable bonds is 3. The molecule has 2 N–H and O–H groups in total. The van der Waals surface area contributed by atoms with Crippen molar-refractivity contribution in [2.45, 2.75) is 38.9 Å². The van der Waals surface area contributed by atoms with E-state index in [-0.39, 0.29) is 12.2 Å². The molecule has 5 nitrogen and oxygen atoms in total. The number of piperidine rings is 1. The Morgan fingerprint density at radius 1 is 1.42 bits per heavy atom. The van der Waals surface area contributed by atoms with E-state index >= 15 is 0 Å². The summed E-state index contributed by atoms with van der Waals surface area (Å²) in [7, 11) is 0. The number of aromatic nitrogens is 2. The first kappa shape index (κ1) is 16.1. The summed E-state index contributed by atoms with van der Waals surface area (Å²) in [5, 5.41) is 4.19. The SMILES string of the molecule is CC(C)OC1CCCN(c2ncc(F)cn2)C1.NS. The van der Waals surface area contributed by atoms with Crippen LogP contribution in [-0.4, -0.2) is 35.3 Å². The third-order valence-corrected chi connectivity index (χ3v) is 2.73. The number of nitrogens with two attached hydrogens (primary N) is 1. The molecular formula is C12H21FN4OS. The van der Waals surface area contributed by atoms with Crippen molar-refractivity contribution in [2.75, 3.05) is 18.0 Å². The van der Waals surface area contributed by atoms with Crippen LogP contribution >= 0.6 is 12.8 Å². The van der Waals surface area contributed by atoms with Gasteiger partial charge in [0.2, 0.25) is 5.95 Å². The molecule has 0 spiro atoms. The van der Waals surface area contributed by atoms with Crippen LogP contribution in [-0.2, 0) is 4.74 Å². The maximum atomic E-state index is 12.7. The lowest BCUT2D eigenvalue weighted by molar-refractivity contribution is 0.000790. The second-order valence-electron chi connectivity index (χ2n) is 4.60. The third-order valence-electron chi connectivity index (χ3n) is 2.73. The van der Waals surface area contributed by atoms with Crippen LogP contribution in [0, 0.1) is 5.82 Å². The first-order valence-corrected chi connectivity index (χ1v) is 6.80. The van der Waals surface area contributed by atoms with E-state index in [1.807, 2.05) is 13.8 Å². The van der Waals surface area contributed by atoms with Crippen molar-refractivity contribution in [3.8, 4) is 0 Å². The van der Waals surface area contributed by atoms with Gasteiger partial charge in [0, 0.05) is 13.1 Å². The minimum Gasteiger partial charge on any atom is -0.374 e. The first-order chi connectivity index (χ1) is 9.15. The Bertz CT molecular complexity index is 363. The van der Waals surface area contributed by atoms with Crippen molar-refractivity contribution in [2.24, 2.45) is 5.14 Å². The summed E-state index contributed by atoms with van der Waals surface area (Å²) < 4.78 is 18.5. The zero-order valence-electron chi connectivity index (χ0n) is 11.3. The van der Waals surface area contributed by atoms with E-state index in [4.69, 9.17) is 4.74 Å². The average molecular weight is 288 g/mol. The van der Waals surface area contributed by atoms with Gasteiger partial charge in [0.1, 0.15) is 0 Å². The summed E-state index contributed by atoms with van der Waals surface area (Å²) in [6.45, 7) is 5.76. The Balaban J connectivity index is 0.000000861. The summed E-state index contributed by atoms with van der Waals surface area (Å²) in [4.78, 5) is 10.1. The molecule has 2 rings (SSSR count). The van der Waals surface area contributed by atoms with Crippen molar-refractivity contribution in [3.63, 3.8) is 0 Å². The standard InChI is InChI=1S/C12H18FN3O.H3NS/c1-9(2)17-11-4-3-5-16(8-11)12-14-6-10(13)7-15-12;1-2/h6-7,9,11H,3-5,8H2,1-2H3;2H,1H2. The Morgan fingerprint density at radius 2 is 2.05 bits per heavy atom. The van der Waals surface area contributed by atoms with E-state index in [9.17, 15) is 4.39 Å².